The van der Waals surface area contributed by atoms with E-state index < -0.39 is 6.10 Å². The number of aliphatic hydroxyl groups excluding tert-OH is 1. The van der Waals surface area contributed by atoms with Crippen molar-refractivity contribution in [2.45, 2.75) is 32.6 Å². The lowest BCUT2D eigenvalue weighted by atomic mass is 10.1. The third kappa shape index (κ3) is 2.68. The van der Waals surface area contributed by atoms with Crippen LogP contribution in [0.15, 0.2) is 12.4 Å². The number of likely N-dealkylation sites (N-methyl/N-ethyl adjacent to an activating group) is 1. The number of aromatic nitrogens is 2. The fourth-order valence-corrected chi connectivity index (χ4v) is 2.23. The molecule has 1 fully saturated rings. The summed E-state index contributed by atoms with van der Waals surface area (Å²) in [4.78, 5) is 6.52. The Bertz CT molecular complexity index is 353. The largest absolute Gasteiger partial charge is 0.382 e. The average Bonchev–Trinajstić information content (AvgIpc) is 2.86. The van der Waals surface area contributed by atoms with E-state index in [0.717, 1.165) is 26.2 Å². The number of nitrogens with zero attached hydrogens (tertiary/aromatic N) is 3. The van der Waals surface area contributed by atoms with Crippen molar-refractivity contribution in [2.24, 2.45) is 0 Å². The van der Waals surface area contributed by atoms with E-state index in [2.05, 4.69) is 16.8 Å². The zero-order chi connectivity index (χ0) is 12.3. The van der Waals surface area contributed by atoms with Crippen LogP contribution < -0.4 is 0 Å². The van der Waals surface area contributed by atoms with Gasteiger partial charge in [0.2, 0.25) is 0 Å². The molecule has 17 heavy (non-hydrogen) atoms. The highest BCUT2D eigenvalue weighted by Crippen LogP contribution is 2.21. The van der Waals surface area contributed by atoms with Crippen LogP contribution in [-0.2, 0) is 11.3 Å². The van der Waals surface area contributed by atoms with Crippen molar-refractivity contribution in [3.8, 4) is 0 Å². The summed E-state index contributed by atoms with van der Waals surface area (Å²) in [6.45, 7) is 8.38. The smallest absolute Gasteiger partial charge is 0.140 e. The topological polar surface area (TPSA) is 50.5 Å². The summed E-state index contributed by atoms with van der Waals surface area (Å²) in [5, 5.41) is 10.3. The van der Waals surface area contributed by atoms with Crippen LogP contribution in [0.25, 0.3) is 0 Å². The van der Waals surface area contributed by atoms with Crippen molar-refractivity contribution in [2.75, 3.05) is 26.2 Å². The summed E-state index contributed by atoms with van der Waals surface area (Å²) in [7, 11) is 0. The van der Waals surface area contributed by atoms with E-state index >= 15 is 0 Å². The third-order valence-corrected chi connectivity index (χ3v) is 3.33. The van der Waals surface area contributed by atoms with Crippen molar-refractivity contribution in [1.82, 2.24) is 14.5 Å². The SMILES string of the molecule is CCN1CCOC(C(O)c2nccn2CC)C1. The van der Waals surface area contributed by atoms with Crippen LogP contribution in [-0.4, -0.2) is 51.9 Å². The molecule has 0 aliphatic carbocycles. The maximum atomic E-state index is 10.3. The molecule has 96 valence electrons. The number of aryl methyl sites for hydroxylation is 1. The second kappa shape index (κ2) is 5.62. The summed E-state index contributed by atoms with van der Waals surface area (Å²) in [5.74, 6) is 0.704. The summed E-state index contributed by atoms with van der Waals surface area (Å²) < 4.78 is 7.61. The molecule has 0 bridgehead atoms. The van der Waals surface area contributed by atoms with Crippen molar-refractivity contribution in [3.63, 3.8) is 0 Å². The number of imidazole rings is 1. The molecule has 5 nitrogen and oxygen atoms in total. The zero-order valence-corrected chi connectivity index (χ0v) is 10.5. The minimum Gasteiger partial charge on any atom is -0.382 e. The molecule has 1 aromatic rings. The highest BCUT2D eigenvalue weighted by Gasteiger charge is 2.29. The molecule has 1 N–H and O–H groups in total. The zero-order valence-electron chi connectivity index (χ0n) is 10.5. The Labute approximate surface area is 102 Å². The van der Waals surface area contributed by atoms with Crippen LogP contribution in [0.2, 0.25) is 0 Å². The Hall–Kier alpha value is -0.910. The summed E-state index contributed by atoms with van der Waals surface area (Å²) >= 11 is 0. The normalized spacial score (nSPS) is 23.8. The lowest BCUT2D eigenvalue weighted by molar-refractivity contribution is -0.0921. The highest BCUT2D eigenvalue weighted by atomic mass is 16.5. The van der Waals surface area contributed by atoms with Crippen LogP contribution in [0.3, 0.4) is 0 Å². The molecule has 2 atom stereocenters. The van der Waals surface area contributed by atoms with Crippen molar-refractivity contribution in [3.05, 3.63) is 18.2 Å². The minimum absolute atomic E-state index is 0.170. The van der Waals surface area contributed by atoms with Crippen molar-refractivity contribution < 1.29 is 9.84 Å². The Morgan fingerprint density at radius 2 is 2.35 bits per heavy atom. The Morgan fingerprint density at radius 1 is 1.53 bits per heavy atom. The van der Waals surface area contributed by atoms with Crippen molar-refractivity contribution >= 4 is 0 Å². The first kappa shape index (κ1) is 12.5. The molecular weight excluding hydrogens is 218 g/mol. The maximum absolute atomic E-state index is 10.3. The maximum Gasteiger partial charge on any atom is 0.140 e. The number of aliphatic hydroxyl groups is 1. The molecule has 0 aromatic carbocycles. The molecule has 1 aromatic heterocycles. The van der Waals surface area contributed by atoms with Gasteiger partial charge in [-0.1, -0.05) is 6.92 Å². The van der Waals surface area contributed by atoms with Gasteiger partial charge in [0, 0.05) is 32.0 Å². The molecule has 1 aliphatic rings. The van der Waals surface area contributed by atoms with Crippen LogP contribution in [0.4, 0.5) is 0 Å². The molecular formula is C12H21N3O2. The first-order chi connectivity index (χ1) is 8.26. The van der Waals surface area contributed by atoms with Gasteiger partial charge in [0.05, 0.1) is 6.61 Å². The van der Waals surface area contributed by atoms with Gasteiger partial charge < -0.3 is 14.4 Å². The van der Waals surface area contributed by atoms with E-state index in [9.17, 15) is 5.11 Å². The van der Waals surface area contributed by atoms with E-state index in [4.69, 9.17) is 4.74 Å². The third-order valence-electron chi connectivity index (χ3n) is 3.33. The van der Waals surface area contributed by atoms with E-state index in [-0.39, 0.29) is 6.10 Å². The Morgan fingerprint density at radius 3 is 3.06 bits per heavy atom. The van der Waals surface area contributed by atoms with Gasteiger partial charge in [-0.15, -0.1) is 0 Å². The van der Waals surface area contributed by atoms with E-state index in [1.54, 1.807) is 6.20 Å². The number of hydrogen-bond donors (Lipinski definition) is 1. The first-order valence-electron chi connectivity index (χ1n) is 6.29. The Balaban J connectivity index is 2.06. The van der Waals surface area contributed by atoms with Crippen LogP contribution >= 0.6 is 0 Å². The predicted octanol–water partition coefficient (Wildman–Crippen LogP) is 0.657. The van der Waals surface area contributed by atoms with Gasteiger partial charge in [0.1, 0.15) is 18.0 Å². The number of ether oxygens (including phenoxy) is 1. The summed E-state index contributed by atoms with van der Waals surface area (Å²) in [6.07, 6.45) is 2.80. The lowest BCUT2D eigenvalue weighted by Crippen LogP contribution is -2.45. The Kier molecular flexibility index (Phi) is 4.15. The van der Waals surface area contributed by atoms with Gasteiger partial charge in [-0.05, 0) is 13.5 Å². The number of morpholine rings is 1. The molecule has 0 spiro atoms. The highest BCUT2D eigenvalue weighted by molar-refractivity contribution is 5.00. The van der Waals surface area contributed by atoms with Gasteiger partial charge in [0.25, 0.3) is 0 Å². The average molecular weight is 239 g/mol. The standard InChI is InChI=1S/C12H21N3O2/c1-3-14-7-8-17-10(9-14)11(16)12-13-5-6-15(12)4-2/h5-6,10-11,16H,3-4,7-9H2,1-2H3. The minimum atomic E-state index is -0.640. The van der Waals surface area contributed by atoms with E-state index in [1.807, 2.05) is 17.7 Å². The van der Waals surface area contributed by atoms with Crippen LogP contribution in [0, 0.1) is 0 Å². The van der Waals surface area contributed by atoms with Gasteiger partial charge in [-0.3, -0.25) is 4.90 Å². The molecule has 2 unspecified atom stereocenters. The second-order valence-electron chi connectivity index (χ2n) is 4.32. The molecule has 2 heterocycles. The van der Waals surface area contributed by atoms with Crippen molar-refractivity contribution in [1.29, 1.82) is 0 Å². The molecule has 1 aliphatic heterocycles. The van der Waals surface area contributed by atoms with Crippen LogP contribution in [0.5, 0.6) is 0 Å². The number of hydrogen-bond acceptors (Lipinski definition) is 4. The molecule has 5 heteroatoms. The van der Waals surface area contributed by atoms with Gasteiger partial charge in [-0.2, -0.15) is 0 Å². The lowest BCUT2D eigenvalue weighted by Gasteiger charge is -2.34. The monoisotopic (exact) mass is 239 g/mol. The quantitative estimate of drug-likeness (QED) is 0.838. The van der Waals surface area contributed by atoms with Gasteiger partial charge in [-0.25, -0.2) is 4.98 Å². The molecule has 0 saturated carbocycles. The predicted molar refractivity (Wildman–Crippen MR) is 64.7 cm³/mol. The summed E-state index contributed by atoms with van der Waals surface area (Å²) in [5.41, 5.74) is 0. The molecule has 0 amide bonds. The van der Waals surface area contributed by atoms with Crippen LogP contribution in [0.1, 0.15) is 25.8 Å². The fraction of sp³-hybridized carbons (Fsp3) is 0.750. The number of rotatable bonds is 4. The molecule has 1 saturated heterocycles. The fourth-order valence-electron chi connectivity index (χ4n) is 2.23. The summed E-state index contributed by atoms with van der Waals surface area (Å²) in [6, 6.07) is 0. The first-order valence-corrected chi connectivity index (χ1v) is 6.29. The molecule has 0 radical (unpaired) electrons. The van der Waals surface area contributed by atoms with E-state index in [1.165, 1.54) is 0 Å². The molecule has 2 rings (SSSR count). The van der Waals surface area contributed by atoms with E-state index in [0.29, 0.717) is 12.4 Å². The van der Waals surface area contributed by atoms with Gasteiger partial charge >= 0.3 is 0 Å². The second-order valence-corrected chi connectivity index (χ2v) is 4.32. The van der Waals surface area contributed by atoms with Gasteiger partial charge in [0.15, 0.2) is 0 Å².